The van der Waals surface area contributed by atoms with Crippen LogP contribution in [0.25, 0.3) is 0 Å². The van der Waals surface area contributed by atoms with E-state index >= 15 is 0 Å². The SMILES string of the molecule is C=C(Cl)CN(CCC)C1CCNCC1. The first kappa shape index (κ1) is 12.0. The van der Waals surface area contributed by atoms with Crippen molar-refractivity contribution in [2.75, 3.05) is 26.2 Å². The lowest BCUT2D eigenvalue weighted by molar-refractivity contribution is 0.178. The van der Waals surface area contributed by atoms with Gasteiger partial charge in [0.2, 0.25) is 0 Å². The molecule has 82 valence electrons. The summed E-state index contributed by atoms with van der Waals surface area (Å²) < 4.78 is 0. The van der Waals surface area contributed by atoms with Crippen LogP contribution in [0.1, 0.15) is 26.2 Å². The van der Waals surface area contributed by atoms with Gasteiger partial charge in [-0.05, 0) is 38.9 Å². The highest BCUT2D eigenvalue weighted by molar-refractivity contribution is 6.29. The fourth-order valence-electron chi connectivity index (χ4n) is 2.07. The maximum Gasteiger partial charge on any atom is 0.0338 e. The van der Waals surface area contributed by atoms with E-state index in [2.05, 4.69) is 23.7 Å². The molecule has 2 nitrogen and oxygen atoms in total. The van der Waals surface area contributed by atoms with Gasteiger partial charge in [0.05, 0.1) is 0 Å². The zero-order valence-electron chi connectivity index (χ0n) is 9.06. The summed E-state index contributed by atoms with van der Waals surface area (Å²) in [6.45, 7) is 10.3. The summed E-state index contributed by atoms with van der Waals surface area (Å²) in [4.78, 5) is 2.47. The Morgan fingerprint density at radius 2 is 2.14 bits per heavy atom. The van der Waals surface area contributed by atoms with Crippen LogP contribution in [0, 0.1) is 0 Å². The third kappa shape index (κ3) is 3.99. The van der Waals surface area contributed by atoms with Gasteiger partial charge in [-0.3, -0.25) is 4.90 Å². The van der Waals surface area contributed by atoms with E-state index in [9.17, 15) is 0 Å². The molecule has 1 aliphatic rings. The molecule has 0 aromatic carbocycles. The van der Waals surface area contributed by atoms with E-state index in [0.29, 0.717) is 6.04 Å². The van der Waals surface area contributed by atoms with Gasteiger partial charge >= 0.3 is 0 Å². The first-order valence-corrected chi connectivity index (χ1v) is 5.90. The Balaban J connectivity index is 2.42. The molecule has 0 aliphatic carbocycles. The molecule has 0 unspecified atom stereocenters. The summed E-state index contributed by atoms with van der Waals surface area (Å²) in [5.41, 5.74) is 0. The monoisotopic (exact) mass is 216 g/mol. The van der Waals surface area contributed by atoms with Crippen molar-refractivity contribution >= 4 is 11.6 Å². The maximum absolute atomic E-state index is 5.88. The molecular weight excluding hydrogens is 196 g/mol. The summed E-state index contributed by atoms with van der Waals surface area (Å²) >= 11 is 5.88. The van der Waals surface area contributed by atoms with Crippen LogP contribution in [-0.4, -0.2) is 37.1 Å². The van der Waals surface area contributed by atoms with Crippen LogP contribution in [-0.2, 0) is 0 Å². The lowest BCUT2D eigenvalue weighted by Crippen LogP contribution is -2.43. The van der Waals surface area contributed by atoms with Crippen molar-refractivity contribution in [1.82, 2.24) is 10.2 Å². The van der Waals surface area contributed by atoms with Gasteiger partial charge in [0.1, 0.15) is 0 Å². The minimum Gasteiger partial charge on any atom is -0.317 e. The van der Waals surface area contributed by atoms with Gasteiger partial charge in [-0.25, -0.2) is 0 Å². The minimum absolute atomic E-state index is 0.701. The Labute approximate surface area is 92.3 Å². The fraction of sp³-hybridized carbons (Fsp3) is 0.818. The van der Waals surface area contributed by atoms with Crippen molar-refractivity contribution in [3.63, 3.8) is 0 Å². The van der Waals surface area contributed by atoms with E-state index in [0.717, 1.165) is 31.2 Å². The molecule has 1 heterocycles. The summed E-state index contributed by atoms with van der Waals surface area (Å²) in [7, 11) is 0. The Morgan fingerprint density at radius 1 is 1.50 bits per heavy atom. The molecule has 0 spiro atoms. The first-order chi connectivity index (χ1) is 6.74. The number of nitrogens with zero attached hydrogens (tertiary/aromatic N) is 1. The minimum atomic E-state index is 0.701. The summed E-state index contributed by atoms with van der Waals surface area (Å²) in [6, 6.07) is 0.701. The fourth-order valence-corrected chi connectivity index (χ4v) is 2.22. The smallest absolute Gasteiger partial charge is 0.0338 e. The molecule has 0 aromatic rings. The molecule has 3 heteroatoms. The van der Waals surface area contributed by atoms with Crippen molar-refractivity contribution < 1.29 is 0 Å². The van der Waals surface area contributed by atoms with Crippen LogP contribution in [0.5, 0.6) is 0 Å². The highest BCUT2D eigenvalue weighted by Gasteiger charge is 2.19. The topological polar surface area (TPSA) is 15.3 Å². The molecule has 0 atom stereocenters. The van der Waals surface area contributed by atoms with Gasteiger partial charge in [-0.2, -0.15) is 0 Å². The van der Waals surface area contributed by atoms with E-state index in [1.54, 1.807) is 0 Å². The van der Waals surface area contributed by atoms with Crippen molar-refractivity contribution in [1.29, 1.82) is 0 Å². The van der Waals surface area contributed by atoms with E-state index in [-0.39, 0.29) is 0 Å². The van der Waals surface area contributed by atoms with Gasteiger partial charge in [0, 0.05) is 17.6 Å². The molecule has 1 N–H and O–H groups in total. The lowest BCUT2D eigenvalue weighted by atomic mass is 10.0. The van der Waals surface area contributed by atoms with Crippen LogP contribution in [0.2, 0.25) is 0 Å². The second kappa shape index (κ2) is 6.44. The number of nitrogens with one attached hydrogen (secondary N) is 1. The quantitative estimate of drug-likeness (QED) is 0.758. The Bertz CT molecular complexity index is 176. The Kier molecular flexibility index (Phi) is 5.53. The number of piperidine rings is 1. The van der Waals surface area contributed by atoms with Crippen LogP contribution in [0.15, 0.2) is 11.6 Å². The second-order valence-electron chi connectivity index (χ2n) is 3.97. The van der Waals surface area contributed by atoms with Gasteiger partial charge in [-0.15, -0.1) is 0 Å². The van der Waals surface area contributed by atoms with Gasteiger partial charge < -0.3 is 5.32 Å². The normalized spacial score (nSPS) is 18.8. The van der Waals surface area contributed by atoms with Crippen LogP contribution < -0.4 is 5.32 Å². The van der Waals surface area contributed by atoms with Crippen molar-refractivity contribution in [2.24, 2.45) is 0 Å². The summed E-state index contributed by atoms with van der Waals surface area (Å²) in [6.07, 6.45) is 3.67. The first-order valence-electron chi connectivity index (χ1n) is 5.52. The standard InChI is InChI=1S/C11H21ClN2/c1-3-8-14(9-10(2)12)11-4-6-13-7-5-11/h11,13H,2-9H2,1H3. The van der Waals surface area contributed by atoms with Gasteiger partial charge in [0.25, 0.3) is 0 Å². The zero-order valence-corrected chi connectivity index (χ0v) is 9.82. The molecule has 0 bridgehead atoms. The molecule has 0 aromatic heterocycles. The van der Waals surface area contributed by atoms with E-state index in [4.69, 9.17) is 11.6 Å². The van der Waals surface area contributed by atoms with Crippen molar-refractivity contribution in [3.8, 4) is 0 Å². The molecule has 1 saturated heterocycles. The maximum atomic E-state index is 5.88. The molecule has 0 amide bonds. The van der Waals surface area contributed by atoms with E-state index < -0.39 is 0 Å². The van der Waals surface area contributed by atoms with Gasteiger partial charge in [0.15, 0.2) is 0 Å². The predicted octanol–water partition coefficient (Wildman–Crippen LogP) is 2.20. The molecule has 1 aliphatic heterocycles. The zero-order chi connectivity index (χ0) is 10.4. The highest BCUT2D eigenvalue weighted by atomic mass is 35.5. The number of rotatable bonds is 5. The molecule has 0 radical (unpaired) electrons. The Morgan fingerprint density at radius 3 is 2.64 bits per heavy atom. The van der Waals surface area contributed by atoms with Gasteiger partial charge in [-0.1, -0.05) is 25.1 Å². The highest BCUT2D eigenvalue weighted by Crippen LogP contribution is 2.14. The molecule has 14 heavy (non-hydrogen) atoms. The molecule has 1 rings (SSSR count). The van der Waals surface area contributed by atoms with Crippen LogP contribution in [0.3, 0.4) is 0 Å². The Hall–Kier alpha value is -0.0500. The summed E-state index contributed by atoms with van der Waals surface area (Å²) in [5.74, 6) is 0. The predicted molar refractivity (Wildman–Crippen MR) is 62.7 cm³/mol. The molecular formula is C11H21ClN2. The number of hydrogen-bond donors (Lipinski definition) is 1. The number of halogens is 1. The van der Waals surface area contributed by atoms with Crippen LogP contribution in [0.4, 0.5) is 0 Å². The van der Waals surface area contributed by atoms with Crippen molar-refractivity contribution in [3.05, 3.63) is 11.6 Å². The second-order valence-corrected chi connectivity index (χ2v) is 4.50. The molecule has 0 saturated carbocycles. The average molecular weight is 217 g/mol. The average Bonchev–Trinajstić information content (AvgIpc) is 2.18. The van der Waals surface area contributed by atoms with E-state index in [1.165, 1.54) is 19.3 Å². The largest absolute Gasteiger partial charge is 0.317 e. The van der Waals surface area contributed by atoms with E-state index in [1.807, 2.05) is 0 Å². The third-order valence-corrected chi connectivity index (χ3v) is 2.83. The third-order valence-electron chi connectivity index (χ3n) is 2.71. The number of hydrogen-bond acceptors (Lipinski definition) is 2. The summed E-state index contributed by atoms with van der Waals surface area (Å²) in [5, 5.41) is 4.14. The van der Waals surface area contributed by atoms with Crippen molar-refractivity contribution in [2.45, 2.75) is 32.2 Å². The van der Waals surface area contributed by atoms with Crippen LogP contribution >= 0.6 is 11.6 Å². The lowest BCUT2D eigenvalue weighted by Gasteiger charge is -2.34. The molecule has 1 fully saturated rings.